The monoisotopic (exact) mass is 406 g/mol. The molecule has 6 heteroatoms. The minimum Gasteiger partial charge on any atom is -0.489 e. The molecule has 2 aromatic carbocycles. The molecule has 1 saturated carbocycles. The summed E-state index contributed by atoms with van der Waals surface area (Å²) < 4.78 is 11.8. The molecule has 1 aliphatic rings. The van der Waals surface area contributed by atoms with Crippen LogP contribution in [0.15, 0.2) is 52.9 Å². The summed E-state index contributed by atoms with van der Waals surface area (Å²) in [7, 11) is 0. The van der Waals surface area contributed by atoms with Gasteiger partial charge in [0.05, 0.1) is 0 Å². The zero-order valence-corrected chi connectivity index (χ0v) is 16.9. The van der Waals surface area contributed by atoms with Crippen LogP contribution in [0.4, 0.5) is 10.5 Å². The maximum atomic E-state index is 13.2. The number of ether oxygens (including phenoxy) is 1. The van der Waals surface area contributed by atoms with Gasteiger partial charge in [-0.05, 0) is 30.5 Å². The van der Waals surface area contributed by atoms with Crippen molar-refractivity contribution in [2.75, 3.05) is 5.32 Å². The van der Waals surface area contributed by atoms with Crippen molar-refractivity contribution in [1.29, 1.82) is 0 Å². The van der Waals surface area contributed by atoms with Crippen LogP contribution in [-0.4, -0.2) is 11.8 Å². The molecule has 1 aliphatic carbocycles. The second-order valence-electron chi connectivity index (χ2n) is 7.78. The van der Waals surface area contributed by atoms with E-state index in [9.17, 15) is 9.59 Å². The molecule has 0 saturated heterocycles. The van der Waals surface area contributed by atoms with Crippen LogP contribution >= 0.6 is 0 Å². The van der Waals surface area contributed by atoms with E-state index in [1.807, 2.05) is 30.3 Å². The van der Waals surface area contributed by atoms with Crippen molar-refractivity contribution in [3.63, 3.8) is 0 Å². The van der Waals surface area contributed by atoms with E-state index < -0.39 is 6.03 Å². The van der Waals surface area contributed by atoms with Crippen LogP contribution in [0.2, 0.25) is 0 Å². The van der Waals surface area contributed by atoms with Crippen LogP contribution in [0.1, 0.15) is 54.6 Å². The van der Waals surface area contributed by atoms with Crippen LogP contribution in [0.5, 0.6) is 5.75 Å². The molecule has 0 radical (unpaired) electrons. The Balaban J connectivity index is 1.63. The summed E-state index contributed by atoms with van der Waals surface area (Å²) in [5, 5.41) is 3.23. The van der Waals surface area contributed by atoms with E-state index in [2.05, 4.69) is 5.32 Å². The van der Waals surface area contributed by atoms with E-state index in [0.717, 1.165) is 44.1 Å². The molecule has 0 atom stereocenters. The van der Waals surface area contributed by atoms with E-state index in [0.29, 0.717) is 29.0 Å². The van der Waals surface area contributed by atoms with Gasteiger partial charge in [-0.1, -0.05) is 56.0 Å². The molecule has 6 nitrogen and oxygen atoms in total. The van der Waals surface area contributed by atoms with Crippen molar-refractivity contribution in [2.24, 2.45) is 11.7 Å². The number of primary amides is 1. The fourth-order valence-corrected chi connectivity index (χ4v) is 4.06. The Morgan fingerprint density at radius 2 is 1.77 bits per heavy atom. The minimum atomic E-state index is -0.725. The van der Waals surface area contributed by atoms with Gasteiger partial charge in [-0.25, -0.2) is 4.79 Å². The first-order chi connectivity index (χ1) is 14.6. The first kappa shape index (κ1) is 20.0. The highest BCUT2D eigenvalue weighted by Gasteiger charge is 2.29. The molecule has 1 aromatic heterocycles. The fraction of sp³-hybridized carbons (Fsp3) is 0.333. The molecule has 0 bridgehead atoms. The molecule has 1 heterocycles. The zero-order chi connectivity index (χ0) is 20.9. The summed E-state index contributed by atoms with van der Waals surface area (Å²) in [6.07, 6.45) is 6.06. The highest BCUT2D eigenvalue weighted by atomic mass is 16.5. The molecule has 3 N–H and O–H groups in total. The minimum absolute atomic E-state index is 0.0661. The summed E-state index contributed by atoms with van der Waals surface area (Å²) in [5.74, 6) is 0.647. The fourth-order valence-electron chi connectivity index (χ4n) is 4.06. The van der Waals surface area contributed by atoms with Gasteiger partial charge in [0.15, 0.2) is 5.76 Å². The summed E-state index contributed by atoms with van der Waals surface area (Å²) in [6, 6.07) is 14.5. The third-order valence-corrected chi connectivity index (χ3v) is 5.61. The van der Waals surface area contributed by atoms with Crippen LogP contribution in [0.25, 0.3) is 11.0 Å². The Morgan fingerprint density at radius 3 is 2.47 bits per heavy atom. The molecule has 0 aliphatic heterocycles. The van der Waals surface area contributed by atoms with Crippen molar-refractivity contribution in [3.05, 3.63) is 59.9 Å². The van der Waals surface area contributed by atoms with Gasteiger partial charge in [0.1, 0.15) is 23.6 Å². The molecule has 4 rings (SSSR count). The van der Waals surface area contributed by atoms with Gasteiger partial charge in [0.2, 0.25) is 5.78 Å². The average Bonchev–Trinajstić information content (AvgIpc) is 2.92. The number of hydrogen-bond donors (Lipinski definition) is 2. The number of Topliss-reactive ketones (excluding diaryl/α,β-unsaturated/α-hetero) is 1. The van der Waals surface area contributed by atoms with E-state index in [1.165, 1.54) is 0 Å². The lowest BCUT2D eigenvalue weighted by molar-refractivity contribution is 0.0882. The lowest BCUT2D eigenvalue weighted by Gasteiger charge is -2.12. The van der Waals surface area contributed by atoms with E-state index >= 15 is 0 Å². The molecule has 156 valence electrons. The number of amides is 2. The molecule has 30 heavy (non-hydrogen) atoms. The smallest absolute Gasteiger partial charge is 0.316 e. The lowest BCUT2D eigenvalue weighted by atomic mass is 9.93. The van der Waals surface area contributed by atoms with Crippen molar-refractivity contribution in [1.82, 2.24) is 0 Å². The van der Waals surface area contributed by atoms with Gasteiger partial charge in [-0.2, -0.15) is 0 Å². The normalized spacial score (nSPS) is 14.9. The SMILES string of the molecule is NC(=O)Nc1c(C(=O)C2CCCCCC2)oc2cc(OCc3ccccc3)ccc12. The Labute approximate surface area is 175 Å². The maximum Gasteiger partial charge on any atom is 0.316 e. The van der Waals surface area contributed by atoms with Crippen LogP contribution in [-0.2, 0) is 6.61 Å². The van der Waals surface area contributed by atoms with Gasteiger partial charge < -0.3 is 20.2 Å². The van der Waals surface area contributed by atoms with E-state index in [4.69, 9.17) is 14.9 Å². The molecular formula is C24H26N2O4. The van der Waals surface area contributed by atoms with Gasteiger partial charge in [-0.3, -0.25) is 4.79 Å². The number of nitrogens with two attached hydrogens (primary N) is 1. The lowest BCUT2D eigenvalue weighted by Crippen LogP contribution is -2.22. The Kier molecular flexibility index (Phi) is 6.02. The highest BCUT2D eigenvalue weighted by Crippen LogP contribution is 2.37. The number of ketones is 1. The molecule has 0 unspecified atom stereocenters. The van der Waals surface area contributed by atoms with Crippen LogP contribution < -0.4 is 15.8 Å². The first-order valence-electron chi connectivity index (χ1n) is 10.5. The number of carbonyl (C=O) groups excluding carboxylic acids is 2. The average molecular weight is 406 g/mol. The number of furan rings is 1. The van der Waals surface area contributed by atoms with Crippen LogP contribution in [0.3, 0.4) is 0 Å². The largest absolute Gasteiger partial charge is 0.489 e. The molecule has 3 aromatic rings. The molecule has 1 fully saturated rings. The van der Waals surface area contributed by atoms with Crippen molar-refractivity contribution >= 4 is 28.5 Å². The first-order valence-corrected chi connectivity index (χ1v) is 10.5. The van der Waals surface area contributed by atoms with Crippen molar-refractivity contribution in [2.45, 2.75) is 45.1 Å². The number of fused-ring (bicyclic) bond motifs is 1. The second-order valence-corrected chi connectivity index (χ2v) is 7.78. The van der Waals surface area contributed by atoms with E-state index in [-0.39, 0.29) is 17.5 Å². The molecular weight excluding hydrogens is 380 g/mol. The summed E-state index contributed by atoms with van der Waals surface area (Å²) in [4.78, 5) is 24.8. The van der Waals surface area contributed by atoms with E-state index in [1.54, 1.807) is 18.2 Å². The van der Waals surface area contributed by atoms with Gasteiger partial charge in [0, 0.05) is 17.4 Å². The van der Waals surface area contributed by atoms with Gasteiger partial charge in [-0.15, -0.1) is 0 Å². The zero-order valence-electron chi connectivity index (χ0n) is 16.9. The van der Waals surface area contributed by atoms with Crippen LogP contribution in [0, 0.1) is 5.92 Å². The number of urea groups is 1. The second kappa shape index (κ2) is 9.03. The number of nitrogens with one attached hydrogen (secondary N) is 1. The number of benzene rings is 2. The number of rotatable bonds is 6. The van der Waals surface area contributed by atoms with Crippen molar-refractivity contribution < 1.29 is 18.7 Å². The number of hydrogen-bond acceptors (Lipinski definition) is 4. The standard InChI is InChI=1S/C24H26N2O4/c25-24(28)26-21-19-13-12-18(29-15-16-8-4-3-5-9-16)14-20(19)30-23(21)22(27)17-10-6-1-2-7-11-17/h3-5,8-9,12-14,17H,1-2,6-7,10-11,15H2,(H3,25,26,28). The maximum absolute atomic E-state index is 13.2. The Hall–Kier alpha value is -3.28. The third kappa shape index (κ3) is 4.48. The summed E-state index contributed by atoms with van der Waals surface area (Å²) >= 11 is 0. The highest BCUT2D eigenvalue weighted by molar-refractivity contribution is 6.11. The summed E-state index contributed by atoms with van der Waals surface area (Å²) in [6.45, 7) is 0.424. The quantitative estimate of drug-likeness (QED) is 0.408. The third-order valence-electron chi connectivity index (χ3n) is 5.61. The predicted octanol–water partition coefficient (Wildman–Crippen LogP) is 5.66. The number of anilines is 1. The molecule has 2 amide bonds. The van der Waals surface area contributed by atoms with Crippen molar-refractivity contribution in [3.8, 4) is 5.75 Å². The molecule has 0 spiro atoms. The Bertz CT molecular complexity index is 1030. The van der Waals surface area contributed by atoms with Gasteiger partial charge >= 0.3 is 6.03 Å². The topological polar surface area (TPSA) is 94.6 Å². The predicted molar refractivity (Wildman–Crippen MR) is 116 cm³/mol. The number of carbonyl (C=O) groups is 2. The van der Waals surface area contributed by atoms with Gasteiger partial charge in [0.25, 0.3) is 0 Å². The summed E-state index contributed by atoms with van der Waals surface area (Å²) in [5.41, 5.74) is 7.25. The Morgan fingerprint density at radius 1 is 1.03 bits per heavy atom.